The molecule has 0 aliphatic heterocycles. The molecule has 0 fully saturated rings. The number of aliphatic hydroxyl groups excluding tert-OH is 4. The monoisotopic (exact) mass is 774 g/mol. The molecular weight excluding hydrogens is 683 g/mol. The Hall–Kier alpha value is -1.73. The number of rotatable bonds is 42. The fourth-order valence-corrected chi connectivity index (χ4v) is 6.95. The van der Waals surface area contributed by atoms with Crippen LogP contribution in [-0.2, 0) is 4.79 Å². The number of hydrogen-bond acceptors (Lipinski definition) is 5. The van der Waals surface area contributed by atoms with E-state index in [1.165, 1.54) is 122 Å². The lowest BCUT2D eigenvalue weighted by atomic mass is 10.00. The van der Waals surface area contributed by atoms with Crippen LogP contribution in [-0.4, -0.2) is 57.3 Å². The molecule has 0 spiro atoms. The molecule has 0 aliphatic carbocycles. The van der Waals surface area contributed by atoms with E-state index in [1.54, 1.807) is 0 Å². The number of hydrogen-bond donors (Lipinski definition) is 5. The molecule has 4 unspecified atom stereocenters. The summed E-state index contributed by atoms with van der Waals surface area (Å²) in [5.41, 5.74) is 0. The second-order valence-corrected chi connectivity index (χ2v) is 16.1. The molecule has 6 heteroatoms. The van der Waals surface area contributed by atoms with Crippen molar-refractivity contribution in [2.24, 2.45) is 0 Å². The fraction of sp³-hybridized carbons (Fsp3) is 0.816. The number of allylic oxidation sites excluding steroid dienone is 8. The van der Waals surface area contributed by atoms with E-state index < -0.39 is 36.9 Å². The van der Waals surface area contributed by atoms with Gasteiger partial charge >= 0.3 is 0 Å². The molecule has 0 saturated heterocycles. The van der Waals surface area contributed by atoms with Crippen molar-refractivity contribution in [1.82, 2.24) is 5.32 Å². The van der Waals surface area contributed by atoms with Crippen molar-refractivity contribution in [2.45, 2.75) is 250 Å². The van der Waals surface area contributed by atoms with Crippen LogP contribution >= 0.6 is 0 Å². The van der Waals surface area contributed by atoms with Gasteiger partial charge in [0, 0.05) is 0 Å². The Balaban J connectivity index is 3.73. The zero-order valence-corrected chi connectivity index (χ0v) is 36.2. The van der Waals surface area contributed by atoms with Gasteiger partial charge in [-0.25, -0.2) is 0 Å². The maximum Gasteiger partial charge on any atom is 0.249 e. The normalized spacial score (nSPS) is 14.5. The highest BCUT2D eigenvalue weighted by molar-refractivity contribution is 5.80. The standard InChI is InChI=1S/C49H91NO5/c1-3-5-7-9-11-13-15-16-17-18-19-20-21-22-23-24-25-26-27-28-29-30-31-32-33-35-36-38-40-42-46(52)48(54)45(44-51)50-49(55)47(53)43-41-39-37-34-14-12-10-8-6-4-2/h10,12,26-27,30-31,35-36,45-48,51-54H,3-9,11,13-25,28-29,32-34,37-44H2,1-2H3,(H,50,55)/b12-10-,27-26+,31-30+,36-35+. The van der Waals surface area contributed by atoms with Crippen LogP contribution in [0.4, 0.5) is 0 Å². The van der Waals surface area contributed by atoms with Crippen LogP contribution < -0.4 is 5.32 Å². The van der Waals surface area contributed by atoms with Gasteiger partial charge in [-0.1, -0.05) is 191 Å². The molecule has 5 N–H and O–H groups in total. The van der Waals surface area contributed by atoms with Gasteiger partial charge in [-0.3, -0.25) is 4.79 Å². The Kier molecular flexibility index (Phi) is 42.0. The highest BCUT2D eigenvalue weighted by Crippen LogP contribution is 2.15. The van der Waals surface area contributed by atoms with Crippen LogP contribution in [0.25, 0.3) is 0 Å². The van der Waals surface area contributed by atoms with E-state index in [0.29, 0.717) is 19.3 Å². The van der Waals surface area contributed by atoms with Gasteiger partial charge in [-0.2, -0.15) is 0 Å². The number of amides is 1. The molecule has 0 aromatic heterocycles. The summed E-state index contributed by atoms with van der Waals surface area (Å²) in [4.78, 5) is 12.4. The minimum Gasteiger partial charge on any atom is -0.394 e. The molecule has 1 amide bonds. The van der Waals surface area contributed by atoms with Crippen molar-refractivity contribution in [2.75, 3.05) is 6.61 Å². The van der Waals surface area contributed by atoms with E-state index in [0.717, 1.165) is 70.6 Å². The van der Waals surface area contributed by atoms with E-state index in [9.17, 15) is 25.2 Å². The molecule has 322 valence electrons. The molecule has 0 aromatic rings. The van der Waals surface area contributed by atoms with Crippen LogP contribution in [0.3, 0.4) is 0 Å². The lowest BCUT2D eigenvalue weighted by molar-refractivity contribution is -0.132. The second kappa shape index (κ2) is 43.4. The SMILES string of the molecule is CCCC/C=C\CCCCCCC(O)C(=O)NC(CO)C(O)C(O)CCC/C=C/CC/C=C/CC/C=C/CCCCCCCCCCCCCCCCCC. The van der Waals surface area contributed by atoms with E-state index >= 15 is 0 Å². The van der Waals surface area contributed by atoms with Crippen molar-refractivity contribution in [3.8, 4) is 0 Å². The molecule has 55 heavy (non-hydrogen) atoms. The van der Waals surface area contributed by atoms with Crippen molar-refractivity contribution in [3.05, 3.63) is 48.6 Å². The summed E-state index contributed by atoms with van der Waals surface area (Å²) >= 11 is 0. The molecule has 0 radical (unpaired) electrons. The average Bonchev–Trinajstić information content (AvgIpc) is 3.19. The van der Waals surface area contributed by atoms with Crippen molar-refractivity contribution in [1.29, 1.82) is 0 Å². The number of nitrogens with one attached hydrogen (secondary N) is 1. The van der Waals surface area contributed by atoms with Gasteiger partial charge in [0.15, 0.2) is 0 Å². The Morgan fingerprint density at radius 2 is 0.782 bits per heavy atom. The van der Waals surface area contributed by atoms with Crippen molar-refractivity contribution >= 4 is 5.91 Å². The van der Waals surface area contributed by atoms with Crippen LogP contribution in [0.5, 0.6) is 0 Å². The molecule has 0 rings (SSSR count). The third kappa shape index (κ3) is 37.6. The van der Waals surface area contributed by atoms with Crippen LogP contribution in [0.15, 0.2) is 48.6 Å². The molecule has 4 atom stereocenters. The van der Waals surface area contributed by atoms with Gasteiger partial charge in [0.05, 0.1) is 18.8 Å². The van der Waals surface area contributed by atoms with E-state index in [2.05, 4.69) is 67.8 Å². The van der Waals surface area contributed by atoms with Gasteiger partial charge in [-0.15, -0.1) is 0 Å². The van der Waals surface area contributed by atoms with Gasteiger partial charge in [0.25, 0.3) is 0 Å². The Morgan fingerprint density at radius 3 is 1.20 bits per heavy atom. The van der Waals surface area contributed by atoms with Crippen molar-refractivity contribution in [3.63, 3.8) is 0 Å². The van der Waals surface area contributed by atoms with E-state index in [-0.39, 0.29) is 0 Å². The average molecular weight is 774 g/mol. The van der Waals surface area contributed by atoms with Crippen molar-refractivity contribution < 1.29 is 25.2 Å². The maximum atomic E-state index is 12.4. The lowest BCUT2D eigenvalue weighted by Crippen LogP contribution is -2.53. The van der Waals surface area contributed by atoms with Crippen LogP contribution in [0.2, 0.25) is 0 Å². The molecule has 0 heterocycles. The number of aliphatic hydroxyl groups is 4. The molecule has 0 aliphatic rings. The van der Waals surface area contributed by atoms with Crippen LogP contribution in [0.1, 0.15) is 226 Å². The summed E-state index contributed by atoms with van der Waals surface area (Å²) < 4.78 is 0. The molecule has 0 bridgehead atoms. The number of carbonyl (C=O) groups excluding carboxylic acids is 1. The second-order valence-electron chi connectivity index (χ2n) is 16.1. The largest absolute Gasteiger partial charge is 0.394 e. The van der Waals surface area contributed by atoms with Gasteiger partial charge in [-0.05, 0) is 83.5 Å². The van der Waals surface area contributed by atoms with E-state index in [1.807, 2.05) is 0 Å². The summed E-state index contributed by atoms with van der Waals surface area (Å²) in [5.74, 6) is -0.613. The Labute approximate surface area is 340 Å². The quantitative estimate of drug-likeness (QED) is 0.0313. The number of unbranched alkanes of at least 4 members (excludes halogenated alkanes) is 25. The Bertz CT molecular complexity index is 915. The number of carbonyl (C=O) groups is 1. The topological polar surface area (TPSA) is 110 Å². The Morgan fingerprint density at radius 1 is 0.436 bits per heavy atom. The first-order chi connectivity index (χ1) is 27.0. The summed E-state index contributed by atoms with van der Waals surface area (Å²) in [7, 11) is 0. The highest BCUT2D eigenvalue weighted by atomic mass is 16.3. The first-order valence-corrected chi connectivity index (χ1v) is 23.5. The molecular formula is C49H91NO5. The minimum atomic E-state index is -1.30. The fourth-order valence-electron chi connectivity index (χ4n) is 6.95. The first-order valence-electron chi connectivity index (χ1n) is 23.5. The summed E-state index contributed by atoms with van der Waals surface area (Å²) in [6.07, 6.45) is 53.2. The van der Waals surface area contributed by atoms with Crippen LogP contribution in [0, 0.1) is 0 Å². The third-order valence-electron chi connectivity index (χ3n) is 10.7. The predicted molar refractivity (Wildman–Crippen MR) is 237 cm³/mol. The maximum absolute atomic E-state index is 12.4. The molecule has 0 saturated carbocycles. The minimum absolute atomic E-state index is 0.341. The zero-order valence-electron chi connectivity index (χ0n) is 36.2. The predicted octanol–water partition coefficient (Wildman–Crippen LogP) is 12.7. The van der Waals surface area contributed by atoms with Gasteiger partial charge in [0.1, 0.15) is 12.2 Å². The summed E-state index contributed by atoms with van der Waals surface area (Å²) in [5, 5.41) is 43.5. The first kappa shape index (κ1) is 53.3. The zero-order chi connectivity index (χ0) is 40.3. The third-order valence-corrected chi connectivity index (χ3v) is 10.7. The highest BCUT2D eigenvalue weighted by Gasteiger charge is 2.28. The smallest absolute Gasteiger partial charge is 0.249 e. The van der Waals surface area contributed by atoms with E-state index in [4.69, 9.17) is 0 Å². The summed E-state index contributed by atoms with van der Waals surface area (Å²) in [6.45, 7) is 3.98. The lowest BCUT2D eigenvalue weighted by Gasteiger charge is -2.27. The molecule has 0 aromatic carbocycles. The van der Waals surface area contributed by atoms with Gasteiger partial charge < -0.3 is 25.7 Å². The molecule has 6 nitrogen and oxygen atoms in total. The summed E-state index contributed by atoms with van der Waals surface area (Å²) in [6, 6.07) is -1.02. The van der Waals surface area contributed by atoms with Gasteiger partial charge in [0.2, 0.25) is 5.91 Å².